The molecular weight excluding hydrogens is 367 g/mol. The van der Waals surface area contributed by atoms with Gasteiger partial charge in [-0.2, -0.15) is 0 Å². The van der Waals surface area contributed by atoms with Crippen molar-refractivity contribution in [2.24, 2.45) is 7.05 Å². The fourth-order valence-corrected chi connectivity index (χ4v) is 2.30. The van der Waals surface area contributed by atoms with E-state index in [1.807, 2.05) is 0 Å². The third kappa shape index (κ3) is 3.08. The van der Waals surface area contributed by atoms with Gasteiger partial charge in [0.05, 0.1) is 5.69 Å². The van der Waals surface area contributed by atoms with Crippen LogP contribution >= 0.6 is 27.5 Å². The van der Waals surface area contributed by atoms with E-state index in [1.54, 1.807) is 6.07 Å². The molecule has 1 aromatic carbocycles. The predicted octanol–water partition coefficient (Wildman–Crippen LogP) is 3.38. The molecule has 0 unspecified atom stereocenters. The van der Waals surface area contributed by atoms with E-state index in [1.165, 1.54) is 19.2 Å². The summed E-state index contributed by atoms with van der Waals surface area (Å²) in [5.41, 5.74) is -0.774. The first-order valence-corrected chi connectivity index (χ1v) is 6.83. The van der Waals surface area contributed by atoms with Crippen LogP contribution < -0.4 is 10.9 Å². The van der Waals surface area contributed by atoms with Gasteiger partial charge in [0.25, 0.3) is 5.56 Å². The second-order valence-electron chi connectivity index (χ2n) is 4.17. The average molecular weight is 376 g/mol. The lowest BCUT2D eigenvalue weighted by atomic mass is 10.2. The zero-order valence-electron chi connectivity index (χ0n) is 10.7. The summed E-state index contributed by atoms with van der Waals surface area (Å²) < 4.78 is 15.4. The number of hydrogen-bond donors (Lipinski definition) is 2. The van der Waals surface area contributed by atoms with Gasteiger partial charge in [-0.25, -0.2) is 9.18 Å². The molecule has 0 saturated carbocycles. The van der Waals surface area contributed by atoms with Crippen LogP contribution in [-0.4, -0.2) is 15.6 Å². The maximum Gasteiger partial charge on any atom is 0.339 e. The SMILES string of the molecule is Cn1c(Nc2ccc(Br)cc2F)c(C(=O)O)cc(Cl)c1=O. The zero-order valence-corrected chi connectivity index (χ0v) is 13.0. The lowest BCUT2D eigenvalue weighted by Crippen LogP contribution is -2.23. The van der Waals surface area contributed by atoms with Crippen molar-refractivity contribution in [2.75, 3.05) is 5.32 Å². The van der Waals surface area contributed by atoms with Crippen molar-refractivity contribution in [1.29, 1.82) is 0 Å². The van der Waals surface area contributed by atoms with E-state index in [-0.39, 0.29) is 22.1 Å². The topological polar surface area (TPSA) is 71.3 Å². The van der Waals surface area contributed by atoms with Gasteiger partial charge in [-0.15, -0.1) is 0 Å². The van der Waals surface area contributed by atoms with Crippen LogP contribution in [0, 0.1) is 5.82 Å². The van der Waals surface area contributed by atoms with E-state index in [2.05, 4.69) is 21.2 Å². The summed E-state index contributed by atoms with van der Waals surface area (Å²) in [5.74, 6) is -1.94. The number of anilines is 2. The summed E-state index contributed by atoms with van der Waals surface area (Å²) in [4.78, 5) is 23.0. The Balaban J connectivity index is 2.60. The minimum Gasteiger partial charge on any atom is -0.478 e. The van der Waals surface area contributed by atoms with Crippen LogP contribution in [0.5, 0.6) is 0 Å². The van der Waals surface area contributed by atoms with Crippen LogP contribution in [0.15, 0.2) is 33.5 Å². The Hall–Kier alpha value is -1.86. The number of carbonyl (C=O) groups is 1. The largest absolute Gasteiger partial charge is 0.478 e. The summed E-state index contributed by atoms with van der Waals surface area (Å²) >= 11 is 8.81. The van der Waals surface area contributed by atoms with Gasteiger partial charge in [0.1, 0.15) is 22.2 Å². The molecule has 21 heavy (non-hydrogen) atoms. The van der Waals surface area contributed by atoms with Crippen molar-refractivity contribution < 1.29 is 14.3 Å². The highest BCUT2D eigenvalue weighted by atomic mass is 79.9. The molecule has 2 rings (SSSR count). The van der Waals surface area contributed by atoms with Gasteiger partial charge in [0.2, 0.25) is 0 Å². The minimum atomic E-state index is -1.28. The lowest BCUT2D eigenvalue weighted by molar-refractivity contribution is 0.0697. The number of aromatic carboxylic acids is 1. The van der Waals surface area contributed by atoms with Crippen molar-refractivity contribution in [1.82, 2.24) is 4.57 Å². The quantitative estimate of drug-likeness (QED) is 0.863. The average Bonchev–Trinajstić information content (AvgIpc) is 2.41. The highest BCUT2D eigenvalue weighted by molar-refractivity contribution is 9.10. The Morgan fingerprint density at radius 1 is 1.43 bits per heavy atom. The number of carboxylic acid groups (broad SMARTS) is 1. The lowest BCUT2D eigenvalue weighted by Gasteiger charge is -2.15. The van der Waals surface area contributed by atoms with Gasteiger partial charge >= 0.3 is 5.97 Å². The number of nitrogens with one attached hydrogen (secondary N) is 1. The first-order chi connectivity index (χ1) is 9.81. The molecule has 0 aliphatic rings. The van der Waals surface area contributed by atoms with E-state index < -0.39 is 17.3 Å². The van der Waals surface area contributed by atoms with Gasteiger partial charge in [0, 0.05) is 11.5 Å². The van der Waals surface area contributed by atoms with Gasteiger partial charge in [0.15, 0.2) is 0 Å². The summed E-state index contributed by atoms with van der Waals surface area (Å²) in [5, 5.41) is 11.6. The first-order valence-electron chi connectivity index (χ1n) is 5.66. The second-order valence-corrected chi connectivity index (χ2v) is 5.50. The number of nitrogens with zero attached hydrogens (tertiary/aromatic N) is 1. The Morgan fingerprint density at radius 2 is 2.10 bits per heavy atom. The Morgan fingerprint density at radius 3 is 2.67 bits per heavy atom. The van der Waals surface area contributed by atoms with Gasteiger partial charge in [-0.3, -0.25) is 9.36 Å². The van der Waals surface area contributed by atoms with Crippen LogP contribution in [0.1, 0.15) is 10.4 Å². The second kappa shape index (κ2) is 5.87. The number of pyridine rings is 1. The van der Waals surface area contributed by atoms with Crippen LogP contribution in [0.2, 0.25) is 5.02 Å². The smallest absolute Gasteiger partial charge is 0.339 e. The van der Waals surface area contributed by atoms with E-state index >= 15 is 0 Å². The Kier molecular flexibility index (Phi) is 4.34. The molecule has 0 amide bonds. The maximum absolute atomic E-state index is 13.8. The fraction of sp³-hybridized carbons (Fsp3) is 0.0769. The third-order valence-electron chi connectivity index (χ3n) is 2.79. The number of hydrogen-bond acceptors (Lipinski definition) is 3. The van der Waals surface area contributed by atoms with E-state index in [9.17, 15) is 19.1 Å². The number of halogens is 3. The molecule has 110 valence electrons. The minimum absolute atomic E-state index is 0.0398. The molecule has 1 aromatic heterocycles. The van der Waals surface area contributed by atoms with Gasteiger partial charge in [-0.05, 0) is 24.3 Å². The maximum atomic E-state index is 13.8. The summed E-state index contributed by atoms with van der Waals surface area (Å²) in [6, 6.07) is 5.26. The van der Waals surface area contributed by atoms with Gasteiger partial charge < -0.3 is 10.4 Å². The van der Waals surface area contributed by atoms with Crippen LogP contribution in [-0.2, 0) is 7.05 Å². The zero-order chi connectivity index (χ0) is 15.7. The molecule has 8 heteroatoms. The number of aromatic nitrogens is 1. The van der Waals surface area contributed by atoms with Crippen LogP contribution in [0.25, 0.3) is 0 Å². The van der Waals surface area contributed by atoms with Crippen LogP contribution in [0.3, 0.4) is 0 Å². The standard InChI is InChI=1S/C13H9BrClFN2O3/c1-18-11(7(13(20)21)5-8(15)12(18)19)17-10-3-2-6(14)4-9(10)16/h2-5,17H,1H3,(H,20,21). The van der Waals surface area contributed by atoms with Gasteiger partial charge in [-0.1, -0.05) is 27.5 Å². The molecule has 0 fully saturated rings. The highest BCUT2D eigenvalue weighted by Gasteiger charge is 2.18. The number of carboxylic acids is 1. The Bertz CT molecular complexity index is 792. The van der Waals surface area contributed by atoms with E-state index in [0.717, 1.165) is 10.6 Å². The Labute approximate surface area is 132 Å². The van der Waals surface area contributed by atoms with Crippen molar-refractivity contribution >= 4 is 45.0 Å². The predicted molar refractivity (Wildman–Crippen MR) is 81.0 cm³/mol. The van der Waals surface area contributed by atoms with Crippen molar-refractivity contribution in [3.8, 4) is 0 Å². The molecule has 0 atom stereocenters. The summed E-state index contributed by atoms with van der Waals surface area (Å²) in [6.07, 6.45) is 0. The molecule has 0 saturated heterocycles. The van der Waals surface area contributed by atoms with Crippen molar-refractivity contribution in [2.45, 2.75) is 0 Å². The molecule has 2 aromatic rings. The third-order valence-corrected chi connectivity index (χ3v) is 3.55. The molecule has 0 spiro atoms. The molecule has 0 radical (unpaired) electrons. The van der Waals surface area contributed by atoms with Crippen molar-refractivity contribution in [3.63, 3.8) is 0 Å². The molecule has 2 N–H and O–H groups in total. The normalized spacial score (nSPS) is 10.5. The first kappa shape index (κ1) is 15.5. The molecule has 0 bridgehead atoms. The fourth-order valence-electron chi connectivity index (χ4n) is 1.73. The highest BCUT2D eigenvalue weighted by Crippen LogP contribution is 2.25. The summed E-state index contributed by atoms with van der Waals surface area (Å²) in [7, 11) is 1.35. The number of rotatable bonds is 3. The van der Waals surface area contributed by atoms with Crippen molar-refractivity contribution in [3.05, 3.63) is 55.5 Å². The van der Waals surface area contributed by atoms with Crippen LogP contribution in [0.4, 0.5) is 15.9 Å². The van der Waals surface area contributed by atoms with E-state index in [4.69, 9.17) is 11.6 Å². The molecule has 0 aliphatic heterocycles. The molecule has 0 aliphatic carbocycles. The summed E-state index contributed by atoms with van der Waals surface area (Å²) in [6.45, 7) is 0. The monoisotopic (exact) mass is 374 g/mol. The number of benzene rings is 1. The molecular formula is C13H9BrClFN2O3. The molecule has 5 nitrogen and oxygen atoms in total. The van der Waals surface area contributed by atoms with E-state index in [0.29, 0.717) is 4.47 Å². The molecule has 1 heterocycles.